The van der Waals surface area contributed by atoms with Crippen molar-refractivity contribution in [3.05, 3.63) is 0 Å². The second-order valence-electron chi connectivity index (χ2n) is 4.28. The zero-order chi connectivity index (χ0) is 12.0. The molecule has 1 unspecified atom stereocenters. The number of halogens is 1. The van der Waals surface area contributed by atoms with Crippen LogP contribution in [0.4, 0.5) is 4.79 Å². The number of carbonyl (C=O) groups excluding carboxylic acids is 1. The molecule has 5 heteroatoms. The lowest BCUT2D eigenvalue weighted by molar-refractivity contribution is -0.119. The topological polar surface area (TPSA) is 66.4 Å². The van der Waals surface area contributed by atoms with Crippen LogP contribution < -0.4 is 5.32 Å². The summed E-state index contributed by atoms with van der Waals surface area (Å²) >= 11 is 3.11. The number of alkyl halides is 1. The molecule has 1 aliphatic carbocycles. The maximum atomic E-state index is 11.7. The Morgan fingerprint density at radius 2 is 1.81 bits per heavy atom. The van der Waals surface area contributed by atoms with E-state index >= 15 is 0 Å². The molecule has 0 radical (unpaired) electrons. The SMILES string of the molecule is O=C(O)NC(C(=O)CBr)C1CCCCCC1. The fraction of sp³-hybridized carbons (Fsp3) is 0.818. The van der Waals surface area contributed by atoms with Crippen molar-refractivity contribution in [2.75, 3.05) is 5.33 Å². The Morgan fingerprint density at radius 1 is 1.25 bits per heavy atom. The smallest absolute Gasteiger partial charge is 0.405 e. The summed E-state index contributed by atoms with van der Waals surface area (Å²) in [6.45, 7) is 0. The number of rotatable bonds is 4. The van der Waals surface area contributed by atoms with Gasteiger partial charge in [-0.05, 0) is 18.8 Å². The van der Waals surface area contributed by atoms with E-state index in [1.54, 1.807) is 0 Å². The predicted molar refractivity (Wildman–Crippen MR) is 64.9 cm³/mol. The van der Waals surface area contributed by atoms with E-state index in [9.17, 15) is 9.59 Å². The van der Waals surface area contributed by atoms with Gasteiger partial charge in [0, 0.05) is 0 Å². The minimum Gasteiger partial charge on any atom is -0.465 e. The molecule has 0 spiro atoms. The summed E-state index contributed by atoms with van der Waals surface area (Å²) in [7, 11) is 0. The van der Waals surface area contributed by atoms with E-state index < -0.39 is 12.1 Å². The molecule has 4 nitrogen and oxygen atoms in total. The molecule has 2 N–H and O–H groups in total. The Hall–Kier alpha value is -0.580. The van der Waals surface area contributed by atoms with Crippen LogP contribution in [0.5, 0.6) is 0 Å². The molecular weight excluding hydrogens is 274 g/mol. The highest BCUT2D eigenvalue weighted by Gasteiger charge is 2.29. The minimum absolute atomic E-state index is 0.0608. The van der Waals surface area contributed by atoms with Crippen LogP contribution in [0.15, 0.2) is 0 Å². The number of nitrogens with one attached hydrogen (secondary N) is 1. The van der Waals surface area contributed by atoms with Crippen LogP contribution >= 0.6 is 15.9 Å². The van der Waals surface area contributed by atoms with Crippen molar-refractivity contribution < 1.29 is 14.7 Å². The highest BCUT2D eigenvalue weighted by Crippen LogP contribution is 2.26. The van der Waals surface area contributed by atoms with Gasteiger partial charge in [0.2, 0.25) is 0 Å². The first-order valence-corrected chi connectivity index (χ1v) is 6.85. The second-order valence-corrected chi connectivity index (χ2v) is 4.84. The molecule has 0 aromatic carbocycles. The van der Waals surface area contributed by atoms with E-state index in [1.807, 2.05) is 0 Å². The first-order chi connectivity index (χ1) is 7.65. The number of carboxylic acid groups (broad SMARTS) is 1. The minimum atomic E-state index is -1.11. The number of ketones is 1. The first kappa shape index (κ1) is 13.5. The maximum absolute atomic E-state index is 11.7. The van der Waals surface area contributed by atoms with Gasteiger partial charge in [0.25, 0.3) is 0 Å². The summed E-state index contributed by atoms with van der Waals surface area (Å²) in [6.07, 6.45) is 5.37. The zero-order valence-electron chi connectivity index (χ0n) is 9.25. The fourth-order valence-corrected chi connectivity index (χ4v) is 2.67. The van der Waals surface area contributed by atoms with E-state index in [4.69, 9.17) is 5.11 Å². The molecule has 1 atom stereocenters. The van der Waals surface area contributed by atoms with Crippen LogP contribution in [-0.4, -0.2) is 28.4 Å². The molecule has 0 aromatic heterocycles. The lowest BCUT2D eigenvalue weighted by atomic mass is 9.89. The summed E-state index contributed by atoms with van der Waals surface area (Å²) in [5, 5.41) is 11.3. The highest BCUT2D eigenvalue weighted by molar-refractivity contribution is 9.09. The molecule has 0 aliphatic heterocycles. The maximum Gasteiger partial charge on any atom is 0.405 e. The third-order valence-corrected chi connectivity index (χ3v) is 3.68. The van der Waals surface area contributed by atoms with Crippen LogP contribution in [-0.2, 0) is 4.79 Å². The van der Waals surface area contributed by atoms with E-state index in [0.717, 1.165) is 25.7 Å². The van der Waals surface area contributed by atoms with E-state index in [-0.39, 0.29) is 17.0 Å². The van der Waals surface area contributed by atoms with Crippen LogP contribution in [0.2, 0.25) is 0 Å². The van der Waals surface area contributed by atoms with Crippen molar-refractivity contribution >= 4 is 27.8 Å². The molecule has 0 saturated heterocycles. The van der Waals surface area contributed by atoms with Crippen LogP contribution in [0.1, 0.15) is 38.5 Å². The lowest BCUT2D eigenvalue weighted by Gasteiger charge is -2.24. The number of Topliss-reactive ketones (excluding diaryl/α,β-unsaturated/α-hetero) is 1. The normalized spacial score (nSPS) is 19.8. The van der Waals surface area contributed by atoms with Crippen molar-refractivity contribution in [2.24, 2.45) is 5.92 Å². The molecular formula is C11H18BrNO3. The average Bonchev–Trinajstić information content (AvgIpc) is 2.53. The second kappa shape index (κ2) is 6.89. The van der Waals surface area contributed by atoms with Gasteiger partial charge in [-0.3, -0.25) is 4.79 Å². The van der Waals surface area contributed by atoms with Crippen molar-refractivity contribution in [3.8, 4) is 0 Å². The molecule has 0 aromatic rings. The summed E-state index contributed by atoms with van der Waals surface area (Å²) in [5.41, 5.74) is 0. The Balaban J connectivity index is 2.65. The zero-order valence-corrected chi connectivity index (χ0v) is 10.8. The van der Waals surface area contributed by atoms with E-state index in [1.165, 1.54) is 12.8 Å². The summed E-state index contributed by atoms with van der Waals surface area (Å²) in [5.74, 6) is 0.109. The van der Waals surface area contributed by atoms with Gasteiger partial charge >= 0.3 is 6.09 Å². The van der Waals surface area contributed by atoms with E-state index in [2.05, 4.69) is 21.2 Å². The molecule has 1 fully saturated rings. The van der Waals surface area contributed by atoms with Gasteiger partial charge in [0.1, 0.15) is 0 Å². The summed E-state index contributed by atoms with van der Waals surface area (Å²) < 4.78 is 0. The molecule has 1 saturated carbocycles. The van der Waals surface area contributed by atoms with Crippen LogP contribution in [0, 0.1) is 5.92 Å². The van der Waals surface area contributed by atoms with E-state index in [0.29, 0.717) is 0 Å². The monoisotopic (exact) mass is 291 g/mol. The van der Waals surface area contributed by atoms with Crippen molar-refractivity contribution in [1.82, 2.24) is 5.32 Å². The lowest BCUT2D eigenvalue weighted by Crippen LogP contribution is -2.46. The average molecular weight is 292 g/mol. The van der Waals surface area contributed by atoms with Crippen LogP contribution in [0.25, 0.3) is 0 Å². The van der Waals surface area contributed by atoms with Crippen molar-refractivity contribution in [1.29, 1.82) is 0 Å². The number of hydrogen-bond donors (Lipinski definition) is 2. The van der Waals surface area contributed by atoms with Gasteiger partial charge in [-0.1, -0.05) is 41.6 Å². The number of amides is 1. The van der Waals surface area contributed by atoms with Crippen molar-refractivity contribution in [2.45, 2.75) is 44.6 Å². The van der Waals surface area contributed by atoms with Crippen LogP contribution in [0.3, 0.4) is 0 Å². The summed E-state index contributed by atoms with van der Waals surface area (Å²) in [6, 6.07) is -0.532. The third-order valence-electron chi connectivity index (χ3n) is 3.13. The first-order valence-electron chi connectivity index (χ1n) is 5.73. The molecule has 1 amide bonds. The molecule has 0 heterocycles. The molecule has 16 heavy (non-hydrogen) atoms. The largest absolute Gasteiger partial charge is 0.465 e. The highest BCUT2D eigenvalue weighted by atomic mass is 79.9. The number of carbonyl (C=O) groups is 2. The molecule has 92 valence electrons. The quantitative estimate of drug-likeness (QED) is 0.618. The van der Waals surface area contributed by atoms with Gasteiger partial charge in [-0.25, -0.2) is 4.79 Å². The van der Waals surface area contributed by atoms with Gasteiger partial charge in [-0.15, -0.1) is 0 Å². The Morgan fingerprint density at radius 3 is 2.25 bits per heavy atom. The van der Waals surface area contributed by atoms with Gasteiger partial charge in [0.15, 0.2) is 5.78 Å². The standard InChI is InChI=1S/C11H18BrNO3/c12-7-9(14)10(13-11(15)16)8-5-3-1-2-4-6-8/h8,10,13H,1-7H2,(H,15,16). The Kier molecular flexibility index (Phi) is 5.80. The van der Waals surface area contributed by atoms with Gasteiger partial charge in [-0.2, -0.15) is 0 Å². The Bertz CT molecular complexity index is 250. The summed E-state index contributed by atoms with van der Waals surface area (Å²) in [4.78, 5) is 22.4. The van der Waals surface area contributed by atoms with Crippen molar-refractivity contribution in [3.63, 3.8) is 0 Å². The van der Waals surface area contributed by atoms with Gasteiger partial charge in [0.05, 0.1) is 11.4 Å². The molecule has 1 rings (SSSR count). The molecule has 1 aliphatic rings. The number of hydrogen-bond acceptors (Lipinski definition) is 2. The van der Waals surface area contributed by atoms with Gasteiger partial charge < -0.3 is 10.4 Å². The predicted octanol–water partition coefficient (Wildman–Crippen LogP) is 2.56. The third kappa shape index (κ3) is 4.12. The molecule has 0 bridgehead atoms. The fourth-order valence-electron chi connectivity index (χ4n) is 2.32. The Labute approximate surface area is 104 Å².